The second-order valence-corrected chi connectivity index (χ2v) is 3.57. The lowest BCUT2D eigenvalue weighted by atomic mass is 10.1. The van der Waals surface area contributed by atoms with E-state index in [0.29, 0.717) is 5.02 Å². The number of hydrogen-bond acceptors (Lipinski definition) is 1. The topological polar surface area (TPSA) is 20.2 Å². The average molecular weight is 236 g/mol. The van der Waals surface area contributed by atoms with Crippen molar-refractivity contribution >= 4 is 27.5 Å². The minimum Gasteiger partial charge on any atom is -0.389 e. The Hall–Kier alpha value is -0.0500. The molecule has 0 amide bonds. The van der Waals surface area contributed by atoms with Crippen LogP contribution in [-0.2, 0) is 0 Å². The third-order valence-corrected chi connectivity index (χ3v) is 2.44. The number of benzene rings is 1. The zero-order chi connectivity index (χ0) is 8.43. The van der Waals surface area contributed by atoms with Gasteiger partial charge in [-0.15, -0.1) is 0 Å². The highest BCUT2D eigenvalue weighted by Gasteiger charge is 2.09. The summed E-state index contributed by atoms with van der Waals surface area (Å²) in [6.07, 6.45) is -0.530. The molecule has 0 fully saturated rings. The highest BCUT2D eigenvalue weighted by atomic mass is 79.9. The molecular formula is C8H8BrClO. The first-order valence-corrected chi connectivity index (χ1v) is 4.42. The molecule has 0 radical (unpaired) electrons. The first-order valence-electron chi connectivity index (χ1n) is 3.25. The van der Waals surface area contributed by atoms with Crippen molar-refractivity contribution in [2.75, 3.05) is 0 Å². The molecule has 0 heterocycles. The van der Waals surface area contributed by atoms with Crippen molar-refractivity contribution in [2.24, 2.45) is 0 Å². The molecule has 0 spiro atoms. The number of halogens is 2. The van der Waals surface area contributed by atoms with Crippen molar-refractivity contribution in [3.05, 3.63) is 33.3 Å². The number of aliphatic hydroxyl groups excluding tert-OH is 1. The highest BCUT2D eigenvalue weighted by Crippen LogP contribution is 2.29. The Labute approximate surface area is 79.1 Å². The first-order chi connectivity index (χ1) is 5.13. The van der Waals surface area contributed by atoms with Gasteiger partial charge in [-0.2, -0.15) is 0 Å². The fraction of sp³-hybridized carbons (Fsp3) is 0.250. The van der Waals surface area contributed by atoms with Crippen LogP contribution in [0, 0.1) is 0 Å². The fourth-order valence-corrected chi connectivity index (χ4v) is 2.05. The van der Waals surface area contributed by atoms with E-state index in [2.05, 4.69) is 15.9 Å². The molecule has 0 saturated heterocycles. The third-order valence-electron chi connectivity index (χ3n) is 1.42. The van der Waals surface area contributed by atoms with E-state index in [1.54, 1.807) is 13.0 Å². The average Bonchev–Trinajstić information content (AvgIpc) is 1.85. The molecule has 1 rings (SSSR count). The summed E-state index contributed by atoms with van der Waals surface area (Å²) in [5.41, 5.74) is 0.745. The van der Waals surface area contributed by atoms with Crippen molar-refractivity contribution < 1.29 is 5.11 Å². The highest BCUT2D eigenvalue weighted by molar-refractivity contribution is 9.10. The zero-order valence-electron chi connectivity index (χ0n) is 6.01. The Bertz CT molecular complexity index is 240. The minimum atomic E-state index is -0.530. The van der Waals surface area contributed by atoms with Gasteiger partial charge in [0.15, 0.2) is 0 Å². The van der Waals surface area contributed by atoms with E-state index in [9.17, 15) is 5.11 Å². The van der Waals surface area contributed by atoms with E-state index in [1.807, 2.05) is 12.1 Å². The summed E-state index contributed by atoms with van der Waals surface area (Å²) in [6.45, 7) is 1.69. The Morgan fingerprint density at radius 3 is 2.55 bits per heavy atom. The third kappa shape index (κ3) is 1.95. The lowest BCUT2D eigenvalue weighted by Gasteiger charge is -2.08. The van der Waals surface area contributed by atoms with Gasteiger partial charge in [-0.1, -0.05) is 33.6 Å². The maximum Gasteiger partial charge on any atom is 0.0787 e. The molecule has 3 heteroatoms. The number of aliphatic hydroxyl groups is 1. The SMILES string of the molecule is C[C@@H](O)c1c(Cl)cccc1Br. The van der Waals surface area contributed by atoms with Gasteiger partial charge >= 0.3 is 0 Å². The molecule has 0 aliphatic carbocycles. The number of rotatable bonds is 1. The van der Waals surface area contributed by atoms with Crippen LogP contribution in [0.3, 0.4) is 0 Å². The second-order valence-electron chi connectivity index (χ2n) is 2.31. The predicted octanol–water partition coefficient (Wildman–Crippen LogP) is 3.16. The molecular weight excluding hydrogens is 227 g/mol. The van der Waals surface area contributed by atoms with Gasteiger partial charge in [-0.05, 0) is 19.1 Å². The van der Waals surface area contributed by atoms with Crippen molar-refractivity contribution in [1.82, 2.24) is 0 Å². The molecule has 60 valence electrons. The molecule has 0 aliphatic heterocycles. The van der Waals surface area contributed by atoms with Gasteiger partial charge in [-0.25, -0.2) is 0 Å². The lowest BCUT2D eigenvalue weighted by molar-refractivity contribution is 0.198. The Morgan fingerprint density at radius 2 is 2.18 bits per heavy atom. The Morgan fingerprint density at radius 1 is 1.55 bits per heavy atom. The van der Waals surface area contributed by atoms with E-state index in [4.69, 9.17) is 11.6 Å². The van der Waals surface area contributed by atoms with E-state index < -0.39 is 6.10 Å². The van der Waals surface area contributed by atoms with E-state index in [0.717, 1.165) is 10.0 Å². The van der Waals surface area contributed by atoms with Gasteiger partial charge in [0.05, 0.1) is 6.10 Å². The Kier molecular flexibility index (Phi) is 2.93. The van der Waals surface area contributed by atoms with Crippen LogP contribution >= 0.6 is 27.5 Å². The normalized spacial score (nSPS) is 13.1. The fourth-order valence-electron chi connectivity index (χ4n) is 0.910. The van der Waals surface area contributed by atoms with Gasteiger partial charge in [0, 0.05) is 15.1 Å². The standard InChI is InChI=1S/C8H8BrClO/c1-5(11)8-6(9)3-2-4-7(8)10/h2-5,11H,1H3/t5-/m1/s1. The minimum absolute atomic E-state index is 0.530. The van der Waals surface area contributed by atoms with Gasteiger partial charge in [-0.3, -0.25) is 0 Å². The Balaban J connectivity index is 3.21. The largest absolute Gasteiger partial charge is 0.389 e. The molecule has 1 atom stereocenters. The summed E-state index contributed by atoms with van der Waals surface area (Å²) in [5, 5.41) is 9.86. The molecule has 0 unspecified atom stereocenters. The van der Waals surface area contributed by atoms with Gasteiger partial charge in [0.2, 0.25) is 0 Å². The molecule has 1 aromatic carbocycles. The molecule has 0 aromatic heterocycles. The van der Waals surface area contributed by atoms with Crippen LogP contribution in [0.2, 0.25) is 5.02 Å². The molecule has 1 N–H and O–H groups in total. The second kappa shape index (κ2) is 3.57. The van der Waals surface area contributed by atoms with Gasteiger partial charge in [0.25, 0.3) is 0 Å². The summed E-state index contributed by atoms with van der Waals surface area (Å²) >= 11 is 9.14. The molecule has 11 heavy (non-hydrogen) atoms. The summed E-state index contributed by atoms with van der Waals surface area (Å²) in [5.74, 6) is 0. The van der Waals surface area contributed by atoms with Crippen LogP contribution in [0.4, 0.5) is 0 Å². The predicted molar refractivity (Wildman–Crippen MR) is 49.8 cm³/mol. The smallest absolute Gasteiger partial charge is 0.0787 e. The van der Waals surface area contributed by atoms with Crippen molar-refractivity contribution in [1.29, 1.82) is 0 Å². The molecule has 0 bridgehead atoms. The summed E-state index contributed by atoms with van der Waals surface area (Å²) in [4.78, 5) is 0. The van der Waals surface area contributed by atoms with E-state index >= 15 is 0 Å². The summed E-state index contributed by atoms with van der Waals surface area (Å²) < 4.78 is 0.847. The molecule has 1 aromatic rings. The van der Waals surface area contributed by atoms with Crippen molar-refractivity contribution in [3.63, 3.8) is 0 Å². The maximum atomic E-state index is 9.27. The van der Waals surface area contributed by atoms with Gasteiger partial charge < -0.3 is 5.11 Å². The summed E-state index contributed by atoms with van der Waals surface area (Å²) in [7, 11) is 0. The van der Waals surface area contributed by atoms with Crippen molar-refractivity contribution in [3.8, 4) is 0 Å². The monoisotopic (exact) mass is 234 g/mol. The quantitative estimate of drug-likeness (QED) is 0.793. The van der Waals surface area contributed by atoms with Crippen LogP contribution in [0.25, 0.3) is 0 Å². The van der Waals surface area contributed by atoms with Crippen LogP contribution < -0.4 is 0 Å². The number of hydrogen-bond donors (Lipinski definition) is 1. The zero-order valence-corrected chi connectivity index (χ0v) is 8.35. The molecule has 0 saturated carbocycles. The van der Waals surface area contributed by atoms with Gasteiger partial charge in [0.1, 0.15) is 0 Å². The molecule has 0 aliphatic rings. The van der Waals surface area contributed by atoms with Crippen LogP contribution in [-0.4, -0.2) is 5.11 Å². The van der Waals surface area contributed by atoms with Crippen LogP contribution in [0.1, 0.15) is 18.6 Å². The first kappa shape index (κ1) is 9.04. The molecule has 1 nitrogen and oxygen atoms in total. The van der Waals surface area contributed by atoms with E-state index in [1.165, 1.54) is 0 Å². The lowest BCUT2D eigenvalue weighted by Crippen LogP contribution is -1.93. The van der Waals surface area contributed by atoms with Crippen LogP contribution in [0.5, 0.6) is 0 Å². The van der Waals surface area contributed by atoms with Crippen molar-refractivity contribution in [2.45, 2.75) is 13.0 Å². The van der Waals surface area contributed by atoms with E-state index in [-0.39, 0.29) is 0 Å². The maximum absolute atomic E-state index is 9.27. The van der Waals surface area contributed by atoms with Crippen LogP contribution in [0.15, 0.2) is 22.7 Å². The summed E-state index contributed by atoms with van der Waals surface area (Å²) in [6, 6.07) is 5.45.